The van der Waals surface area contributed by atoms with Gasteiger partial charge >= 0.3 is 0 Å². The first-order valence-corrected chi connectivity index (χ1v) is 12.6. The predicted octanol–water partition coefficient (Wildman–Crippen LogP) is 8.76. The van der Waals surface area contributed by atoms with Crippen LogP contribution in [0.3, 0.4) is 0 Å². The summed E-state index contributed by atoms with van der Waals surface area (Å²) in [4.78, 5) is 2.75. The number of hydrogen-bond donors (Lipinski definition) is 0. The van der Waals surface area contributed by atoms with Crippen LogP contribution in [-0.4, -0.2) is 24.5 Å². The van der Waals surface area contributed by atoms with Crippen LogP contribution in [0.4, 0.5) is 0 Å². The molecule has 0 spiro atoms. The zero-order valence-electron chi connectivity index (χ0n) is 19.0. The van der Waals surface area contributed by atoms with Crippen molar-refractivity contribution in [3.8, 4) is 0 Å². The summed E-state index contributed by atoms with van der Waals surface area (Å²) in [6.45, 7) is 11.0. The van der Waals surface area contributed by atoms with Gasteiger partial charge < -0.3 is 4.90 Å². The summed E-state index contributed by atoms with van der Waals surface area (Å²) >= 11 is 0. The van der Waals surface area contributed by atoms with Crippen molar-refractivity contribution >= 4 is 0 Å². The van der Waals surface area contributed by atoms with Crippen LogP contribution >= 0.6 is 0 Å². The van der Waals surface area contributed by atoms with Gasteiger partial charge in [0.05, 0.1) is 0 Å². The van der Waals surface area contributed by atoms with Gasteiger partial charge in [-0.05, 0) is 38.9 Å². The van der Waals surface area contributed by atoms with Crippen molar-refractivity contribution in [3.63, 3.8) is 0 Å². The van der Waals surface area contributed by atoms with E-state index in [4.69, 9.17) is 0 Å². The van der Waals surface area contributed by atoms with Crippen molar-refractivity contribution in [1.29, 1.82) is 0 Å². The molecule has 0 aromatic heterocycles. The smallest absolute Gasteiger partial charge is 0.00187 e. The minimum Gasteiger partial charge on any atom is -0.303 e. The Hall–Kier alpha value is -0.0400. The van der Waals surface area contributed by atoms with E-state index in [-0.39, 0.29) is 0 Å². The van der Waals surface area contributed by atoms with Crippen LogP contribution in [0.1, 0.15) is 143 Å². The molecule has 0 heterocycles. The molecule has 0 aliphatic carbocycles. The molecule has 0 aromatic carbocycles. The quantitative estimate of drug-likeness (QED) is 0.173. The van der Waals surface area contributed by atoms with Gasteiger partial charge in [-0.15, -0.1) is 0 Å². The fourth-order valence-corrected chi connectivity index (χ4v) is 3.86. The Kier molecular flexibility index (Phi) is 23.0. The standard InChI is InChI=1S/C25H53N/c1-4-7-10-11-12-13-14-15-16-17-18-19-22-25-26(23-20-8-5-2)24-21-9-6-3/h4-25H2,1-3H3. The van der Waals surface area contributed by atoms with Crippen LogP contribution in [0.2, 0.25) is 0 Å². The summed E-state index contributed by atoms with van der Waals surface area (Å²) in [7, 11) is 0. The lowest BCUT2D eigenvalue weighted by molar-refractivity contribution is 0.255. The maximum Gasteiger partial charge on any atom is -0.00187 e. The van der Waals surface area contributed by atoms with Crippen LogP contribution in [-0.2, 0) is 0 Å². The fraction of sp³-hybridized carbons (Fsp3) is 1.00. The van der Waals surface area contributed by atoms with Crippen LogP contribution in [0.15, 0.2) is 0 Å². The van der Waals surface area contributed by atoms with Gasteiger partial charge in [-0.3, -0.25) is 0 Å². The van der Waals surface area contributed by atoms with Crippen molar-refractivity contribution in [2.45, 2.75) is 143 Å². The third-order valence-corrected chi connectivity index (χ3v) is 5.73. The molecule has 0 bridgehead atoms. The van der Waals surface area contributed by atoms with Crippen molar-refractivity contribution in [2.24, 2.45) is 0 Å². The summed E-state index contributed by atoms with van der Waals surface area (Å²) in [6, 6.07) is 0. The summed E-state index contributed by atoms with van der Waals surface area (Å²) in [5, 5.41) is 0. The molecule has 0 saturated heterocycles. The topological polar surface area (TPSA) is 3.24 Å². The summed E-state index contributed by atoms with van der Waals surface area (Å²) in [6.07, 6.45) is 27.3. The number of rotatable bonds is 22. The number of hydrogen-bond acceptors (Lipinski definition) is 1. The Morgan fingerprint density at radius 1 is 0.308 bits per heavy atom. The summed E-state index contributed by atoms with van der Waals surface area (Å²) < 4.78 is 0. The molecular weight excluding hydrogens is 314 g/mol. The highest BCUT2D eigenvalue weighted by atomic mass is 15.1. The van der Waals surface area contributed by atoms with Gasteiger partial charge in [0.1, 0.15) is 0 Å². The van der Waals surface area contributed by atoms with Gasteiger partial charge in [0, 0.05) is 0 Å². The zero-order valence-corrected chi connectivity index (χ0v) is 19.0. The van der Waals surface area contributed by atoms with E-state index in [2.05, 4.69) is 25.7 Å². The average Bonchev–Trinajstić information content (AvgIpc) is 2.65. The molecular formula is C25H53N. The SMILES string of the molecule is CCCCCCCCCCCCCCCN(CCCCC)CCCCC. The van der Waals surface area contributed by atoms with E-state index in [1.54, 1.807) is 0 Å². The highest BCUT2D eigenvalue weighted by Crippen LogP contribution is 2.13. The lowest BCUT2D eigenvalue weighted by Crippen LogP contribution is -2.27. The first kappa shape index (κ1) is 26.0. The molecule has 0 atom stereocenters. The second kappa shape index (κ2) is 23.0. The zero-order chi connectivity index (χ0) is 19.1. The first-order valence-electron chi connectivity index (χ1n) is 12.6. The summed E-state index contributed by atoms with van der Waals surface area (Å²) in [5.74, 6) is 0. The molecule has 0 unspecified atom stereocenters. The average molecular weight is 368 g/mol. The maximum absolute atomic E-state index is 2.75. The molecule has 0 aliphatic heterocycles. The van der Waals surface area contributed by atoms with Gasteiger partial charge in [-0.25, -0.2) is 0 Å². The molecule has 0 radical (unpaired) electrons. The van der Waals surface area contributed by atoms with E-state index in [1.807, 2.05) is 0 Å². The normalized spacial score (nSPS) is 11.5. The Bertz CT molecular complexity index is 228. The lowest BCUT2D eigenvalue weighted by atomic mass is 10.0. The molecule has 1 nitrogen and oxygen atoms in total. The third kappa shape index (κ3) is 20.3. The van der Waals surface area contributed by atoms with Crippen LogP contribution in [0.25, 0.3) is 0 Å². The highest BCUT2D eigenvalue weighted by Gasteiger charge is 2.04. The Morgan fingerprint density at radius 2 is 0.538 bits per heavy atom. The fourth-order valence-electron chi connectivity index (χ4n) is 3.86. The predicted molar refractivity (Wildman–Crippen MR) is 121 cm³/mol. The molecule has 158 valence electrons. The minimum absolute atomic E-state index is 1.34. The van der Waals surface area contributed by atoms with Gasteiger partial charge in [0.15, 0.2) is 0 Å². The number of unbranched alkanes of at least 4 members (excludes halogenated alkanes) is 16. The van der Waals surface area contributed by atoms with Crippen molar-refractivity contribution in [1.82, 2.24) is 4.90 Å². The molecule has 0 amide bonds. The van der Waals surface area contributed by atoms with E-state index in [0.29, 0.717) is 0 Å². The molecule has 0 aromatic rings. The third-order valence-electron chi connectivity index (χ3n) is 5.73. The Balaban J connectivity index is 3.41. The minimum atomic E-state index is 1.34. The largest absolute Gasteiger partial charge is 0.303 e. The van der Waals surface area contributed by atoms with Crippen LogP contribution < -0.4 is 0 Å². The molecule has 26 heavy (non-hydrogen) atoms. The van der Waals surface area contributed by atoms with Crippen molar-refractivity contribution in [3.05, 3.63) is 0 Å². The van der Waals surface area contributed by atoms with E-state index in [9.17, 15) is 0 Å². The molecule has 0 fully saturated rings. The van der Waals surface area contributed by atoms with E-state index in [1.165, 1.54) is 142 Å². The first-order chi connectivity index (χ1) is 12.8. The van der Waals surface area contributed by atoms with E-state index in [0.717, 1.165) is 0 Å². The molecule has 0 aliphatic rings. The highest BCUT2D eigenvalue weighted by molar-refractivity contribution is 4.59. The number of nitrogens with zero attached hydrogens (tertiary/aromatic N) is 1. The molecule has 0 rings (SSSR count). The monoisotopic (exact) mass is 367 g/mol. The van der Waals surface area contributed by atoms with E-state index < -0.39 is 0 Å². The van der Waals surface area contributed by atoms with Gasteiger partial charge in [0.25, 0.3) is 0 Å². The molecule has 0 saturated carbocycles. The van der Waals surface area contributed by atoms with Crippen molar-refractivity contribution < 1.29 is 0 Å². The Morgan fingerprint density at radius 3 is 0.885 bits per heavy atom. The van der Waals surface area contributed by atoms with Gasteiger partial charge in [-0.1, -0.05) is 124 Å². The lowest BCUT2D eigenvalue weighted by Gasteiger charge is -2.22. The van der Waals surface area contributed by atoms with Crippen LogP contribution in [0.5, 0.6) is 0 Å². The van der Waals surface area contributed by atoms with Gasteiger partial charge in [0.2, 0.25) is 0 Å². The van der Waals surface area contributed by atoms with E-state index >= 15 is 0 Å². The second-order valence-electron chi connectivity index (χ2n) is 8.50. The second-order valence-corrected chi connectivity index (χ2v) is 8.50. The maximum atomic E-state index is 2.75. The van der Waals surface area contributed by atoms with Gasteiger partial charge in [-0.2, -0.15) is 0 Å². The van der Waals surface area contributed by atoms with Crippen LogP contribution in [0, 0.1) is 0 Å². The molecule has 0 N–H and O–H groups in total. The molecule has 1 heteroatoms. The summed E-state index contributed by atoms with van der Waals surface area (Å²) in [5.41, 5.74) is 0. The Labute approximate surface area is 167 Å². The van der Waals surface area contributed by atoms with Crippen molar-refractivity contribution in [2.75, 3.05) is 19.6 Å².